The maximum Gasteiger partial charge on any atom is 0.0916 e. The second kappa shape index (κ2) is 6.35. The Labute approximate surface area is 125 Å². The van der Waals surface area contributed by atoms with E-state index >= 15 is 0 Å². The molecule has 1 N–H and O–H groups in total. The molecule has 0 aliphatic carbocycles. The van der Waals surface area contributed by atoms with Crippen LogP contribution in [0.1, 0.15) is 32.4 Å². The monoisotopic (exact) mass is 285 g/mol. The number of aromatic nitrogens is 4. The van der Waals surface area contributed by atoms with Crippen LogP contribution in [0.4, 0.5) is 0 Å². The van der Waals surface area contributed by atoms with Crippen LogP contribution in [-0.4, -0.2) is 44.2 Å². The van der Waals surface area contributed by atoms with Crippen LogP contribution in [0.25, 0.3) is 11.3 Å². The first kappa shape index (κ1) is 14.2. The summed E-state index contributed by atoms with van der Waals surface area (Å²) >= 11 is 0. The fourth-order valence-electron chi connectivity index (χ4n) is 3.03. The molecule has 1 atom stereocenters. The third kappa shape index (κ3) is 3.47. The van der Waals surface area contributed by atoms with Crippen molar-refractivity contribution in [3.05, 3.63) is 30.5 Å². The molecule has 2 aromatic heterocycles. The van der Waals surface area contributed by atoms with Crippen molar-refractivity contribution in [3.63, 3.8) is 0 Å². The number of H-pyrrole nitrogens is 1. The minimum atomic E-state index is 0.641. The summed E-state index contributed by atoms with van der Waals surface area (Å²) in [6, 6.07) is 0.641. The third-order valence-electron chi connectivity index (χ3n) is 4.28. The lowest BCUT2D eigenvalue weighted by Crippen LogP contribution is -2.40. The molecule has 112 valence electrons. The van der Waals surface area contributed by atoms with Crippen molar-refractivity contribution in [1.82, 2.24) is 25.1 Å². The molecule has 3 rings (SSSR count). The Kier molecular flexibility index (Phi) is 4.29. The summed E-state index contributed by atoms with van der Waals surface area (Å²) in [5, 5.41) is 6.74. The van der Waals surface area contributed by atoms with Crippen molar-refractivity contribution in [2.45, 2.75) is 39.2 Å². The average Bonchev–Trinajstić information content (AvgIpc) is 3.02. The molecule has 0 aromatic carbocycles. The summed E-state index contributed by atoms with van der Waals surface area (Å²) in [6.45, 7) is 6.98. The number of hydrogen-bond donors (Lipinski definition) is 1. The number of hydrogen-bond acceptors (Lipinski definition) is 4. The Hall–Kier alpha value is -1.75. The Bertz CT molecular complexity index is 547. The lowest BCUT2D eigenvalue weighted by molar-refractivity contribution is 0.139. The maximum atomic E-state index is 4.58. The van der Waals surface area contributed by atoms with Crippen LogP contribution in [0.2, 0.25) is 0 Å². The quantitative estimate of drug-likeness (QED) is 0.938. The molecule has 5 nitrogen and oxygen atoms in total. The van der Waals surface area contributed by atoms with E-state index in [-0.39, 0.29) is 0 Å². The molecule has 2 aromatic rings. The van der Waals surface area contributed by atoms with E-state index < -0.39 is 0 Å². The molecular weight excluding hydrogens is 262 g/mol. The summed E-state index contributed by atoms with van der Waals surface area (Å²) in [6.07, 6.45) is 11.0. The van der Waals surface area contributed by atoms with Gasteiger partial charge in [-0.25, -0.2) is 0 Å². The van der Waals surface area contributed by atoms with Crippen molar-refractivity contribution in [3.8, 4) is 11.3 Å². The van der Waals surface area contributed by atoms with Gasteiger partial charge in [-0.1, -0.05) is 0 Å². The predicted molar refractivity (Wildman–Crippen MR) is 82.8 cm³/mol. The lowest BCUT2D eigenvalue weighted by atomic mass is 9.93. The number of nitrogens with zero attached hydrogens (tertiary/aromatic N) is 4. The van der Waals surface area contributed by atoms with Crippen LogP contribution < -0.4 is 0 Å². The maximum absolute atomic E-state index is 4.58. The molecule has 1 aliphatic rings. The van der Waals surface area contributed by atoms with Crippen LogP contribution in [0.3, 0.4) is 0 Å². The normalized spacial score (nSPS) is 20.0. The van der Waals surface area contributed by atoms with Crippen LogP contribution in [-0.2, 0) is 6.42 Å². The molecule has 1 saturated heterocycles. The molecule has 5 heteroatoms. The fourth-order valence-corrected chi connectivity index (χ4v) is 3.03. The van der Waals surface area contributed by atoms with Crippen LogP contribution in [0, 0.1) is 5.92 Å². The van der Waals surface area contributed by atoms with Crippen molar-refractivity contribution in [2.24, 2.45) is 5.92 Å². The first-order chi connectivity index (χ1) is 10.2. The van der Waals surface area contributed by atoms with Gasteiger partial charge < -0.3 is 4.90 Å². The van der Waals surface area contributed by atoms with E-state index in [0.29, 0.717) is 12.0 Å². The average molecular weight is 285 g/mol. The minimum Gasteiger partial charge on any atom is -0.301 e. The first-order valence-electron chi connectivity index (χ1n) is 7.76. The van der Waals surface area contributed by atoms with Crippen LogP contribution >= 0.6 is 0 Å². The van der Waals surface area contributed by atoms with E-state index in [2.05, 4.69) is 38.9 Å². The Morgan fingerprint density at radius 2 is 2.19 bits per heavy atom. The van der Waals surface area contributed by atoms with E-state index in [9.17, 15) is 0 Å². The summed E-state index contributed by atoms with van der Waals surface area (Å²) in [7, 11) is 0. The summed E-state index contributed by atoms with van der Waals surface area (Å²) < 4.78 is 0. The molecule has 21 heavy (non-hydrogen) atoms. The third-order valence-corrected chi connectivity index (χ3v) is 4.28. The van der Waals surface area contributed by atoms with Gasteiger partial charge in [0.1, 0.15) is 0 Å². The number of piperidine rings is 1. The molecule has 1 aliphatic heterocycles. The minimum absolute atomic E-state index is 0.641. The molecule has 0 radical (unpaired) electrons. The van der Waals surface area contributed by atoms with Gasteiger partial charge >= 0.3 is 0 Å². The molecule has 0 bridgehead atoms. The second-order valence-electron chi connectivity index (χ2n) is 6.18. The number of nitrogens with one attached hydrogen (secondary N) is 1. The van der Waals surface area contributed by atoms with Gasteiger partial charge in [0.15, 0.2) is 0 Å². The highest BCUT2D eigenvalue weighted by Gasteiger charge is 2.22. The highest BCUT2D eigenvalue weighted by Crippen LogP contribution is 2.22. The molecule has 3 heterocycles. The largest absolute Gasteiger partial charge is 0.301 e. The molecular formula is C16H23N5. The van der Waals surface area contributed by atoms with Gasteiger partial charge in [0, 0.05) is 30.5 Å². The summed E-state index contributed by atoms with van der Waals surface area (Å²) in [5.41, 5.74) is 2.95. The summed E-state index contributed by atoms with van der Waals surface area (Å²) in [4.78, 5) is 11.7. The van der Waals surface area contributed by atoms with Gasteiger partial charge in [0.25, 0.3) is 0 Å². The van der Waals surface area contributed by atoms with Gasteiger partial charge in [0.2, 0.25) is 0 Å². The second-order valence-corrected chi connectivity index (χ2v) is 6.18. The zero-order chi connectivity index (χ0) is 14.7. The van der Waals surface area contributed by atoms with E-state index in [1.807, 2.05) is 18.6 Å². The number of likely N-dealkylation sites (tertiary alicyclic amines) is 1. The zero-order valence-electron chi connectivity index (χ0n) is 12.8. The topological polar surface area (TPSA) is 57.7 Å². The Morgan fingerprint density at radius 3 is 2.86 bits per heavy atom. The Balaban J connectivity index is 1.62. The van der Waals surface area contributed by atoms with Gasteiger partial charge in [0.05, 0.1) is 23.8 Å². The zero-order valence-corrected chi connectivity index (χ0v) is 12.8. The fraction of sp³-hybridized carbons (Fsp3) is 0.562. The van der Waals surface area contributed by atoms with Crippen molar-refractivity contribution in [1.29, 1.82) is 0 Å². The van der Waals surface area contributed by atoms with E-state index in [1.54, 1.807) is 6.20 Å². The van der Waals surface area contributed by atoms with E-state index in [4.69, 9.17) is 0 Å². The highest BCUT2D eigenvalue weighted by atomic mass is 15.2. The molecule has 0 spiro atoms. The molecule has 0 unspecified atom stereocenters. The van der Waals surface area contributed by atoms with Crippen molar-refractivity contribution >= 4 is 0 Å². The van der Waals surface area contributed by atoms with Gasteiger partial charge in [-0.3, -0.25) is 15.1 Å². The first-order valence-corrected chi connectivity index (χ1v) is 7.76. The van der Waals surface area contributed by atoms with Gasteiger partial charge in [-0.15, -0.1) is 0 Å². The van der Waals surface area contributed by atoms with E-state index in [1.165, 1.54) is 25.9 Å². The number of rotatable bonds is 4. The summed E-state index contributed by atoms with van der Waals surface area (Å²) in [5.74, 6) is 0.704. The predicted octanol–water partition coefficient (Wildman–Crippen LogP) is 2.53. The van der Waals surface area contributed by atoms with E-state index in [0.717, 1.165) is 23.4 Å². The lowest BCUT2D eigenvalue weighted by Gasteiger charge is -2.35. The van der Waals surface area contributed by atoms with Crippen molar-refractivity contribution in [2.75, 3.05) is 13.1 Å². The standard InChI is InChI=1S/C16H23N5/c1-12(2)21-5-3-4-13(11-21)6-15-9-18-16(10-17-15)14-7-19-20-8-14/h7-10,12-13H,3-6,11H2,1-2H3,(H,19,20)/t13-/m1/s1. The SMILES string of the molecule is CC(C)N1CCC[C@H](Cc2cnc(-c3cn[nH]c3)cn2)C1. The molecule has 0 saturated carbocycles. The van der Waals surface area contributed by atoms with Gasteiger partial charge in [-0.2, -0.15) is 5.10 Å². The van der Waals surface area contributed by atoms with Crippen LogP contribution in [0.15, 0.2) is 24.8 Å². The molecule has 0 amide bonds. The molecule has 1 fully saturated rings. The Morgan fingerprint density at radius 1 is 1.29 bits per heavy atom. The number of aromatic amines is 1. The van der Waals surface area contributed by atoms with Crippen molar-refractivity contribution < 1.29 is 0 Å². The smallest absolute Gasteiger partial charge is 0.0916 e. The van der Waals surface area contributed by atoms with Crippen LogP contribution in [0.5, 0.6) is 0 Å². The highest BCUT2D eigenvalue weighted by molar-refractivity contribution is 5.55. The van der Waals surface area contributed by atoms with Gasteiger partial charge in [-0.05, 0) is 45.6 Å².